The van der Waals surface area contributed by atoms with E-state index in [2.05, 4.69) is 0 Å². The van der Waals surface area contributed by atoms with E-state index in [-0.39, 0.29) is 17.8 Å². The van der Waals surface area contributed by atoms with E-state index in [1.807, 2.05) is 4.90 Å². The highest BCUT2D eigenvalue weighted by Crippen LogP contribution is 2.36. The minimum atomic E-state index is -1.02. The Kier molecular flexibility index (Phi) is 4.61. The fourth-order valence-electron chi connectivity index (χ4n) is 2.85. The van der Waals surface area contributed by atoms with Crippen LogP contribution >= 0.6 is 0 Å². The van der Waals surface area contributed by atoms with Gasteiger partial charge < -0.3 is 14.7 Å². The largest absolute Gasteiger partial charge is 0.478 e. The number of aldehydes is 1. The molecule has 3 rings (SSSR count). The van der Waals surface area contributed by atoms with Crippen molar-refractivity contribution in [2.24, 2.45) is 0 Å². The van der Waals surface area contributed by atoms with Crippen molar-refractivity contribution in [2.75, 3.05) is 0 Å². The van der Waals surface area contributed by atoms with E-state index in [1.165, 1.54) is 36.8 Å². The van der Waals surface area contributed by atoms with Crippen LogP contribution in [0.4, 0.5) is 0 Å². The van der Waals surface area contributed by atoms with Crippen molar-refractivity contribution in [1.82, 2.24) is 4.90 Å². The summed E-state index contributed by atoms with van der Waals surface area (Å²) >= 11 is 0. The van der Waals surface area contributed by atoms with Gasteiger partial charge in [0.05, 0.1) is 11.6 Å². The molecule has 2 aliphatic rings. The van der Waals surface area contributed by atoms with Crippen molar-refractivity contribution < 1.29 is 24.2 Å². The van der Waals surface area contributed by atoms with Gasteiger partial charge in [0.15, 0.2) is 5.78 Å². The molecule has 0 radical (unpaired) electrons. The molecule has 0 spiro atoms. The quantitative estimate of drug-likeness (QED) is 0.832. The molecule has 1 atom stereocenters. The second-order valence-corrected chi connectivity index (χ2v) is 5.56. The lowest BCUT2D eigenvalue weighted by molar-refractivity contribution is -0.114. The molecule has 0 amide bonds. The van der Waals surface area contributed by atoms with E-state index in [1.54, 1.807) is 24.5 Å². The van der Waals surface area contributed by atoms with Crippen LogP contribution in [-0.4, -0.2) is 28.0 Å². The van der Waals surface area contributed by atoms with Gasteiger partial charge in [0.2, 0.25) is 0 Å². The van der Waals surface area contributed by atoms with E-state index in [9.17, 15) is 14.4 Å². The van der Waals surface area contributed by atoms with Gasteiger partial charge in [-0.15, -0.1) is 0 Å². The van der Waals surface area contributed by atoms with Gasteiger partial charge in [-0.05, 0) is 35.4 Å². The van der Waals surface area contributed by atoms with Crippen LogP contribution in [-0.2, 0) is 14.3 Å². The number of carbonyl (C=O) groups excluding carboxylic acids is 2. The SMILES string of the molecule is O=CC1=C(C(c2ccc(C(=O)O)cc2)N2C=COC=C2)CC(=O)C=C1. The number of rotatable bonds is 5. The predicted molar refractivity (Wildman–Crippen MR) is 89.2 cm³/mol. The normalized spacial score (nSPS) is 17.4. The highest BCUT2D eigenvalue weighted by Gasteiger charge is 2.27. The van der Waals surface area contributed by atoms with Crippen molar-refractivity contribution in [3.8, 4) is 0 Å². The van der Waals surface area contributed by atoms with Crippen LogP contribution in [0, 0.1) is 0 Å². The first-order valence-electron chi connectivity index (χ1n) is 7.59. The number of benzene rings is 1. The minimum Gasteiger partial charge on any atom is -0.478 e. The fourth-order valence-corrected chi connectivity index (χ4v) is 2.85. The molecule has 25 heavy (non-hydrogen) atoms. The molecule has 1 aliphatic carbocycles. The maximum absolute atomic E-state index is 11.9. The molecule has 1 N–H and O–H groups in total. The number of carboxylic acids is 1. The monoisotopic (exact) mass is 337 g/mol. The Bertz CT molecular complexity index is 818. The van der Waals surface area contributed by atoms with Crippen molar-refractivity contribution in [3.63, 3.8) is 0 Å². The van der Waals surface area contributed by atoms with Crippen molar-refractivity contribution in [2.45, 2.75) is 12.5 Å². The molecule has 1 aromatic carbocycles. The Morgan fingerprint density at radius 2 is 1.84 bits per heavy atom. The Labute approximate surface area is 144 Å². The fraction of sp³-hybridized carbons (Fsp3) is 0.105. The van der Waals surface area contributed by atoms with E-state index in [4.69, 9.17) is 9.84 Å². The molecule has 0 saturated carbocycles. The molecule has 126 valence electrons. The first kappa shape index (κ1) is 16.4. The molecular weight excluding hydrogens is 322 g/mol. The van der Waals surface area contributed by atoms with Gasteiger partial charge in [0.1, 0.15) is 18.8 Å². The number of carbonyl (C=O) groups is 3. The summed E-state index contributed by atoms with van der Waals surface area (Å²) in [5, 5.41) is 9.07. The molecule has 1 unspecified atom stereocenters. The van der Waals surface area contributed by atoms with Gasteiger partial charge in [-0.25, -0.2) is 4.79 Å². The van der Waals surface area contributed by atoms with Gasteiger partial charge in [-0.2, -0.15) is 0 Å². The van der Waals surface area contributed by atoms with E-state index >= 15 is 0 Å². The van der Waals surface area contributed by atoms with Gasteiger partial charge >= 0.3 is 5.97 Å². The zero-order chi connectivity index (χ0) is 17.8. The minimum absolute atomic E-state index is 0.0889. The lowest BCUT2D eigenvalue weighted by Gasteiger charge is -2.32. The molecule has 0 bridgehead atoms. The standard InChI is InChI=1S/C19H15NO5/c21-12-15-5-6-16(22)11-17(15)18(20-7-9-25-10-8-20)13-1-3-14(4-2-13)19(23)24/h1-10,12,18H,11H2,(H,23,24). The second kappa shape index (κ2) is 7.00. The number of ether oxygens (including phenoxy) is 1. The van der Waals surface area contributed by atoms with E-state index in [0.29, 0.717) is 11.1 Å². The second-order valence-electron chi connectivity index (χ2n) is 5.56. The molecular formula is C19H15NO5. The van der Waals surface area contributed by atoms with Gasteiger partial charge in [0, 0.05) is 24.4 Å². The molecule has 0 aromatic heterocycles. The van der Waals surface area contributed by atoms with E-state index < -0.39 is 12.0 Å². The number of allylic oxidation sites excluding steroid dienone is 3. The third kappa shape index (κ3) is 3.42. The lowest BCUT2D eigenvalue weighted by atomic mass is 9.87. The molecule has 1 heterocycles. The number of carboxylic acid groups (broad SMARTS) is 1. The van der Waals surface area contributed by atoms with Crippen LogP contribution < -0.4 is 0 Å². The van der Waals surface area contributed by atoms with E-state index in [0.717, 1.165) is 11.8 Å². The topological polar surface area (TPSA) is 83.9 Å². The lowest BCUT2D eigenvalue weighted by Crippen LogP contribution is -2.25. The number of nitrogens with zero attached hydrogens (tertiary/aromatic N) is 1. The Morgan fingerprint density at radius 1 is 1.16 bits per heavy atom. The predicted octanol–water partition coefficient (Wildman–Crippen LogP) is 2.73. The average Bonchev–Trinajstić information content (AvgIpc) is 2.63. The summed E-state index contributed by atoms with van der Waals surface area (Å²) in [4.78, 5) is 36.2. The summed E-state index contributed by atoms with van der Waals surface area (Å²) < 4.78 is 5.05. The Hall–Kier alpha value is -3.41. The summed E-state index contributed by atoms with van der Waals surface area (Å²) in [5.41, 5.74) is 2.03. The third-order valence-corrected chi connectivity index (χ3v) is 4.04. The summed E-state index contributed by atoms with van der Waals surface area (Å²) in [6.45, 7) is 0. The molecule has 0 saturated heterocycles. The molecule has 0 fully saturated rings. The van der Waals surface area contributed by atoms with Crippen LogP contribution in [0.25, 0.3) is 0 Å². The van der Waals surface area contributed by atoms with Crippen molar-refractivity contribution in [3.05, 3.63) is 83.6 Å². The third-order valence-electron chi connectivity index (χ3n) is 4.04. The van der Waals surface area contributed by atoms with Crippen LogP contribution in [0.1, 0.15) is 28.4 Å². The first-order chi connectivity index (χ1) is 12.1. The zero-order valence-electron chi connectivity index (χ0n) is 13.2. The van der Waals surface area contributed by atoms with Crippen LogP contribution in [0.2, 0.25) is 0 Å². The maximum atomic E-state index is 11.9. The molecule has 6 nitrogen and oxygen atoms in total. The first-order valence-corrected chi connectivity index (χ1v) is 7.59. The van der Waals surface area contributed by atoms with Crippen LogP contribution in [0.3, 0.4) is 0 Å². The summed E-state index contributed by atoms with van der Waals surface area (Å²) in [6.07, 6.45) is 10.1. The Morgan fingerprint density at radius 3 is 2.44 bits per heavy atom. The van der Waals surface area contributed by atoms with Gasteiger partial charge in [0.25, 0.3) is 0 Å². The number of hydrogen-bond donors (Lipinski definition) is 1. The van der Waals surface area contributed by atoms with Gasteiger partial charge in [-0.3, -0.25) is 9.59 Å². The highest BCUT2D eigenvalue weighted by molar-refractivity contribution is 5.98. The molecule has 6 heteroatoms. The zero-order valence-corrected chi connectivity index (χ0v) is 13.2. The Balaban J connectivity index is 2.09. The number of aromatic carboxylic acids is 1. The van der Waals surface area contributed by atoms with Crippen molar-refractivity contribution >= 4 is 18.0 Å². The number of ketones is 1. The summed E-state index contributed by atoms with van der Waals surface area (Å²) in [5.74, 6) is -1.10. The van der Waals surface area contributed by atoms with Crippen LogP contribution in [0.5, 0.6) is 0 Å². The smallest absolute Gasteiger partial charge is 0.335 e. The molecule has 1 aliphatic heterocycles. The average molecular weight is 337 g/mol. The van der Waals surface area contributed by atoms with Crippen LogP contribution in [0.15, 0.2) is 72.5 Å². The number of hydrogen-bond acceptors (Lipinski definition) is 5. The van der Waals surface area contributed by atoms with Crippen molar-refractivity contribution in [1.29, 1.82) is 0 Å². The summed E-state index contributed by atoms with van der Waals surface area (Å²) in [7, 11) is 0. The highest BCUT2D eigenvalue weighted by atomic mass is 16.5. The maximum Gasteiger partial charge on any atom is 0.335 e. The molecule has 1 aromatic rings. The summed E-state index contributed by atoms with van der Waals surface area (Å²) in [6, 6.07) is 5.95. The van der Waals surface area contributed by atoms with Gasteiger partial charge in [-0.1, -0.05) is 12.1 Å².